The molecule has 0 saturated carbocycles. The molecule has 19 heavy (non-hydrogen) atoms. The molecule has 0 saturated heterocycles. The molecule has 5 heteroatoms. The molecule has 0 fully saturated rings. The number of aromatic nitrogens is 4. The Morgan fingerprint density at radius 1 is 1.16 bits per heavy atom. The van der Waals surface area contributed by atoms with Crippen molar-refractivity contribution in [2.75, 3.05) is 0 Å². The topological polar surface area (TPSA) is 63.8 Å². The van der Waals surface area contributed by atoms with Gasteiger partial charge in [-0.15, -0.1) is 5.10 Å². The summed E-state index contributed by atoms with van der Waals surface area (Å²) in [6.07, 6.45) is 1.58. The summed E-state index contributed by atoms with van der Waals surface area (Å²) in [4.78, 5) is 9.02. The van der Waals surface area contributed by atoms with E-state index in [1.807, 2.05) is 33.8 Å². The van der Waals surface area contributed by atoms with E-state index in [0.717, 1.165) is 41.3 Å². The Morgan fingerprint density at radius 2 is 1.89 bits per heavy atom. The molecule has 5 nitrogen and oxygen atoms in total. The van der Waals surface area contributed by atoms with Crippen LogP contribution in [0.4, 0.5) is 0 Å². The van der Waals surface area contributed by atoms with E-state index in [-0.39, 0.29) is 6.61 Å². The molecule has 0 amide bonds. The number of hydrogen-bond acceptors (Lipinski definition) is 4. The monoisotopic (exact) mass is 260 g/mol. The predicted octanol–water partition coefficient (Wildman–Crippen LogP) is 1.90. The number of pyridine rings is 1. The fourth-order valence-corrected chi connectivity index (χ4v) is 2.15. The van der Waals surface area contributed by atoms with Crippen LogP contribution in [0.5, 0.6) is 0 Å². The summed E-state index contributed by atoms with van der Waals surface area (Å²) in [6.45, 7) is 7.95. The molecule has 0 aliphatic rings. The molecule has 0 aliphatic carbocycles. The lowest BCUT2D eigenvalue weighted by molar-refractivity contribution is 0.280. The summed E-state index contributed by atoms with van der Waals surface area (Å²) in [6, 6.07) is 1.97. The van der Waals surface area contributed by atoms with E-state index in [9.17, 15) is 5.11 Å². The number of rotatable bonds is 4. The van der Waals surface area contributed by atoms with Crippen molar-refractivity contribution in [3.8, 4) is 5.82 Å². The summed E-state index contributed by atoms with van der Waals surface area (Å²) >= 11 is 0. The number of nitrogens with zero attached hydrogens (tertiary/aromatic N) is 4. The van der Waals surface area contributed by atoms with Gasteiger partial charge in [0.05, 0.1) is 6.61 Å². The average Bonchev–Trinajstić information content (AvgIpc) is 2.81. The third-order valence-electron chi connectivity index (χ3n) is 3.16. The van der Waals surface area contributed by atoms with Crippen LogP contribution in [-0.4, -0.2) is 24.9 Å². The van der Waals surface area contributed by atoms with Crippen LogP contribution in [0.15, 0.2) is 6.07 Å². The molecule has 0 bridgehead atoms. The zero-order chi connectivity index (χ0) is 14.0. The molecule has 0 unspecified atom stereocenters. The van der Waals surface area contributed by atoms with Gasteiger partial charge in [0.2, 0.25) is 0 Å². The highest BCUT2D eigenvalue weighted by atomic mass is 16.3. The van der Waals surface area contributed by atoms with Gasteiger partial charge in [0.1, 0.15) is 5.82 Å². The molecule has 0 atom stereocenters. The second-order valence-electron chi connectivity index (χ2n) is 4.60. The number of hydrogen-bond donors (Lipinski definition) is 1. The normalized spacial score (nSPS) is 11.0. The first kappa shape index (κ1) is 13.7. The lowest BCUT2D eigenvalue weighted by Crippen LogP contribution is -2.10. The SMILES string of the molecule is CCc1nc(CC)n(-c2nc(C)cc(C)c2CO)n1. The molecule has 0 radical (unpaired) electrons. The average molecular weight is 260 g/mol. The number of aliphatic hydroxyl groups excluding tert-OH is 1. The van der Waals surface area contributed by atoms with Gasteiger partial charge in [0.25, 0.3) is 0 Å². The quantitative estimate of drug-likeness (QED) is 0.912. The summed E-state index contributed by atoms with van der Waals surface area (Å²) in [7, 11) is 0. The highest BCUT2D eigenvalue weighted by Crippen LogP contribution is 2.19. The highest BCUT2D eigenvalue weighted by Gasteiger charge is 2.15. The van der Waals surface area contributed by atoms with E-state index in [1.54, 1.807) is 4.68 Å². The van der Waals surface area contributed by atoms with Crippen molar-refractivity contribution in [2.24, 2.45) is 0 Å². The van der Waals surface area contributed by atoms with Gasteiger partial charge in [0.15, 0.2) is 11.6 Å². The van der Waals surface area contributed by atoms with Gasteiger partial charge in [0, 0.05) is 24.1 Å². The van der Waals surface area contributed by atoms with Crippen LogP contribution in [0.25, 0.3) is 5.82 Å². The van der Waals surface area contributed by atoms with E-state index in [2.05, 4.69) is 15.1 Å². The molecular weight excluding hydrogens is 240 g/mol. The van der Waals surface area contributed by atoms with Gasteiger partial charge in [-0.3, -0.25) is 0 Å². The van der Waals surface area contributed by atoms with Crippen LogP contribution < -0.4 is 0 Å². The van der Waals surface area contributed by atoms with Gasteiger partial charge in [-0.25, -0.2) is 9.97 Å². The van der Waals surface area contributed by atoms with Crippen LogP contribution in [0.1, 0.15) is 42.3 Å². The third-order valence-corrected chi connectivity index (χ3v) is 3.16. The Labute approximate surface area is 113 Å². The zero-order valence-electron chi connectivity index (χ0n) is 11.9. The fourth-order valence-electron chi connectivity index (χ4n) is 2.15. The van der Waals surface area contributed by atoms with Gasteiger partial charge < -0.3 is 5.11 Å². The zero-order valence-corrected chi connectivity index (χ0v) is 11.9. The lowest BCUT2D eigenvalue weighted by atomic mass is 10.1. The first-order chi connectivity index (χ1) is 9.10. The lowest BCUT2D eigenvalue weighted by Gasteiger charge is -2.12. The Bertz CT molecular complexity index is 589. The first-order valence-electron chi connectivity index (χ1n) is 6.63. The first-order valence-corrected chi connectivity index (χ1v) is 6.63. The second-order valence-corrected chi connectivity index (χ2v) is 4.60. The highest BCUT2D eigenvalue weighted by molar-refractivity contribution is 5.40. The molecule has 2 aromatic heterocycles. The third kappa shape index (κ3) is 2.51. The molecule has 102 valence electrons. The minimum absolute atomic E-state index is 0.0427. The van der Waals surface area contributed by atoms with Crippen LogP contribution in [0.2, 0.25) is 0 Å². The van der Waals surface area contributed by atoms with Crippen LogP contribution in [0.3, 0.4) is 0 Å². The van der Waals surface area contributed by atoms with Crippen LogP contribution >= 0.6 is 0 Å². The van der Waals surface area contributed by atoms with E-state index < -0.39 is 0 Å². The van der Waals surface area contributed by atoms with E-state index >= 15 is 0 Å². The van der Waals surface area contributed by atoms with Gasteiger partial charge in [-0.1, -0.05) is 13.8 Å². The van der Waals surface area contributed by atoms with E-state index in [1.165, 1.54) is 0 Å². The van der Waals surface area contributed by atoms with Crippen molar-refractivity contribution < 1.29 is 5.11 Å². The molecule has 1 N–H and O–H groups in total. The summed E-state index contributed by atoms with van der Waals surface area (Å²) in [5.41, 5.74) is 2.76. The second kappa shape index (κ2) is 5.48. The Balaban J connectivity index is 2.66. The summed E-state index contributed by atoms with van der Waals surface area (Å²) in [5, 5.41) is 14.1. The fraction of sp³-hybridized carbons (Fsp3) is 0.500. The van der Waals surface area contributed by atoms with Crippen LogP contribution in [-0.2, 0) is 19.4 Å². The molecule has 0 spiro atoms. The van der Waals surface area contributed by atoms with Crippen molar-refractivity contribution >= 4 is 0 Å². The number of aliphatic hydroxyl groups is 1. The van der Waals surface area contributed by atoms with Gasteiger partial charge in [-0.05, 0) is 25.5 Å². The van der Waals surface area contributed by atoms with Gasteiger partial charge >= 0.3 is 0 Å². The largest absolute Gasteiger partial charge is 0.392 e. The van der Waals surface area contributed by atoms with Crippen molar-refractivity contribution in [1.29, 1.82) is 0 Å². The summed E-state index contributed by atoms with van der Waals surface area (Å²) in [5.74, 6) is 2.38. The maximum atomic E-state index is 9.58. The minimum Gasteiger partial charge on any atom is -0.392 e. The smallest absolute Gasteiger partial charge is 0.161 e. The molecular formula is C14H20N4O. The van der Waals surface area contributed by atoms with Crippen molar-refractivity contribution in [3.05, 3.63) is 34.5 Å². The molecule has 2 aromatic rings. The minimum atomic E-state index is -0.0427. The van der Waals surface area contributed by atoms with Crippen molar-refractivity contribution in [3.63, 3.8) is 0 Å². The maximum absolute atomic E-state index is 9.58. The predicted molar refractivity (Wildman–Crippen MR) is 73.3 cm³/mol. The number of aryl methyl sites for hydroxylation is 4. The summed E-state index contributed by atoms with van der Waals surface area (Å²) < 4.78 is 1.77. The van der Waals surface area contributed by atoms with E-state index in [0.29, 0.717) is 5.82 Å². The maximum Gasteiger partial charge on any atom is 0.161 e. The molecule has 2 rings (SSSR count). The Morgan fingerprint density at radius 3 is 2.47 bits per heavy atom. The van der Waals surface area contributed by atoms with Crippen LogP contribution in [0, 0.1) is 13.8 Å². The Hall–Kier alpha value is -1.75. The Kier molecular flexibility index (Phi) is 3.95. The standard InChI is InChI=1S/C14H20N4O/c1-5-12-16-13(6-2)18(17-12)14-11(8-19)9(3)7-10(4)15-14/h7,19H,5-6,8H2,1-4H3. The van der Waals surface area contributed by atoms with Gasteiger partial charge in [-0.2, -0.15) is 4.68 Å². The molecule has 2 heterocycles. The van der Waals surface area contributed by atoms with Crippen molar-refractivity contribution in [1.82, 2.24) is 19.7 Å². The van der Waals surface area contributed by atoms with Crippen molar-refractivity contribution in [2.45, 2.75) is 47.1 Å². The molecule has 0 aliphatic heterocycles. The van der Waals surface area contributed by atoms with E-state index in [4.69, 9.17) is 0 Å². The molecule has 0 aromatic carbocycles.